The number of benzene rings is 3. The fourth-order valence-corrected chi connectivity index (χ4v) is 5.30. The fourth-order valence-electron chi connectivity index (χ4n) is 4.27. The van der Waals surface area contributed by atoms with Gasteiger partial charge in [-0.2, -0.15) is 0 Å². The highest BCUT2D eigenvalue weighted by atomic mass is 79.9. The molecule has 0 bridgehead atoms. The van der Waals surface area contributed by atoms with E-state index in [0.29, 0.717) is 33.5 Å². The molecular formula is C26H22BrFN2O4S. The van der Waals surface area contributed by atoms with Gasteiger partial charge in [0, 0.05) is 28.5 Å². The first kappa shape index (κ1) is 23.7. The topological polar surface area (TPSA) is 82.8 Å². The predicted octanol–water partition coefficient (Wildman–Crippen LogP) is 6.38. The number of amides is 1. The van der Waals surface area contributed by atoms with E-state index in [1.165, 1.54) is 16.4 Å². The van der Waals surface area contributed by atoms with Crippen molar-refractivity contribution in [1.82, 2.24) is 5.32 Å². The van der Waals surface area contributed by atoms with Crippen LogP contribution in [0.5, 0.6) is 0 Å². The molecule has 2 N–H and O–H groups in total. The number of rotatable bonds is 7. The second kappa shape index (κ2) is 9.56. The highest BCUT2D eigenvalue weighted by molar-refractivity contribution is 9.10. The molecular weight excluding hydrogens is 535 g/mol. The van der Waals surface area contributed by atoms with Crippen molar-refractivity contribution >= 4 is 49.8 Å². The molecule has 0 spiro atoms. The lowest BCUT2D eigenvalue weighted by Gasteiger charge is -2.23. The van der Waals surface area contributed by atoms with E-state index in [0.717, 1.165) is 28.4 Å². The number of hydrogen-bond acceptors (Lipinski definition) is 3. The molecule has 180 valence electrons. The Balaban J connectivity index is 1.70. The van der Waals surface area contributed by atoms with Gasteiger partial charge in [-0.25, -0.2) is 8.60 Å². The smallest absolute Gasteiger partial charge is 0.262 e. The largest absolute Gasteiger partial charge is 0.455 e. The first-order valence-electron chi connectivity index (χ1n) is 11.1. The minimum atomic E-state index is -2.30. The van der Waals surface area contributed by atoms with E-state index < -0.39 is 17.1 Å². The number of carbonyl (C=O) groups excluding carboxylic acids is 1. The summed E-state index contributed by atoms with van der Waals surface area (Å²) >= 11 is 1.15. The van der Waals surface area contributed by atoms with Crippen molar-refractivity contribution in [1.29, 1.82) is 0 Å². The molecule has 9 heteroatoms. The molecule has 1 aromatic heterocycles. The zero-order valence-corrected chi connectivity index (χ0v) is 21.2. The summed E-state index contributed by atoms with van der Waals surface area (Å²) in [6, 6.07) is 16.9. The summed E-state index contributed by atoms with van der Waals surface area (Å²) in [5.41, 5.74) is 3.67. The standard InChI is InChI=1S/C26H22BrFN2O4S/c1-29-26(31)24-21-12-20(16-5-6-16)22(30(35(32)33)14-15-3-2-4-18(27)11-15)13-23(21)34-25(24)17-7-9-19(28)10-8-17/h2-4,7-13,16H,5-6,14H2,1H3,(H,29,31)(H,32,33). The summed E-state index contributed by atoms with van der Waals surface area (Å²) in [5, 5.41) is 3.27. The number of hydrogen-bond donors (Lipinski definition) is 2. The Hall–Kier alpha value is -3.01. The monoisotopic (exact) mass is 556 g/mol. The van der Waals surface area contributed by atoms with Crippen molar-refractivity contribution in [2.75, 3.05) is 11.4 Å². The van der Waals surface area contributed by atoms with E-state index in [1.807, 2.05) is 30.3 Å². The minimum absolute atomic E-state index is 0.210. The van der Waals surface area contributed by atoms with Crippen LogP contribution < -0.4 is 9.62 Å². The first-order chi connectivity index (χ1) is 16.9. The molecule has 35 heavy (non-hydrogen) atoms. The second-order valence-electron chi connectivity index (χ2n) is 8.47. The van der Waals surface area contributed by atoms with Crippen molar-refractivity contribution < 1.29 is 22.4 Å². The number of furan rings is 1. The summed E-state index contributed by atoms with van der Waals surface area (Å²) in [7, 11) is 1.54. The fraction of sp³-hybridized carbons (Fsp3) is 0.192. The predicted molar refractivity (Wildman–Crippen MR) is 138 cm³/mol. The van der Waals surface area contributed by atoms with E-state index in [1.54, 1.807) is 25.2 Å². The molecule has 5 rings (SSSR count). The molecule has 1 atom stereocenters. The molecule has 1 saturated carbocycles. The van der Waals surface area contributed by atoms with Gasteiger partial charge >= 0.3 is 0 Å². The van der Waals surface area contributed by atoms with Gasteiger partial charge in [-0.15, -0.1) is 0 Å². The summed E-state index contributed by atoms with van der Waals surface area (Å²) < 4.78 is 44.7. The van der Waals surface area contributed by atoms with Crippen molar-refractivity contribution in [2.24, 2.45) is 0 Å². The Morgan fingerprint density at radius 1 is 1.20 bits per heavy atom. The third kappa shape index (κ3) is 4.76. The maximum atomic E-state index is 13.5. The molecule has 1 unspecified atom stereocenters. The highest BCUT2D eigenvalue weighted by Crippen LogP contribution is 2.48. The van der Waals surface area contributed by atoms with E-state index in [9.17, 15) is 17.9 Å². The SMILES string of the molecule is CNC(=O)c1c(-c2ccc(F)cc2)oc2cc(N(Cc3cccc(Br)c3)S(=O)O)c(C3CC3)cc12. The molecule has 1 amide bonds. The van der Waals surface area contributed by atoms with Crippen LogP contribution in [0.1, 0.15) is 40.2 Å². The van der Waals surface area contributed by atoms with E-state index in [2.05, 4.69) is 21.2 Å². The number of halogens is 2. The van der Waals surface area contributed by atoms with Gasteiger partial charge in [0.25, 0.3) is 17.2 Å². The Labute approximate surface area is 212 Å². The normalized spacial score (nSPS) is 14.2. The maximum absolute atomic E-state index is 13.5. The van der Waals surface area contributed by atoms with Crippen LogP contribution in [0.15, 0.2) is 69.6 Å². The summed E-state index contributed by atoms with van der Waals surface area (Å²) in [5.74, 6) is -0.167. The van der Waals surface area contributed by atoms with Gasteiger partial charge in [-0.05, 0) is 72.4 Å². The van der Waals surface area contributed by atoms with Gasteiger partial charge in [0.15, 0.2) is 0 Å². The van der Waals surface area contributed by atoms with Gasteiger partial charge in [-0.1, -0.05) is 28.1 Å². The third-order valence-corrected chi connectivity index (χ3v) is 7.28. The van der Waals surface area contributed by atoms with Gasteiger partial charge in [-0.3, -0.25) is 13.7 Å². The van der Waals surface area contributed by atoms with Gasteiger partial charge < -0.3 is 9.73 Å². The van der Waals surface area contributed by atoms with Crippen molar-refractivity contribution in [3.63, 3.8) is 0 Å². The average molecular weight is 557 g/mol. The number of nitrogens with zero attached hydrogens (tertiary/aromatic N) is 1. The number of anilines is 1. The van der Waals surface area contributed by atoms with Crippen molar-refractivity contribution in [3.8, 4) is 11.3 Å². The number of carbonyl (C=O) groups is 1. The lowest BCUT2D eigenvalue weighted by Crippen LogP contribution is -2.25. The van der Waals surface area contributed by atoms with Crippen LogP contribution in [0, 0.1) is 5.82 Å². The van der Waals surface area contributed by atoms with Crippen molar-refractivity contribution in [3.05, 3.63) is 87.6 Å². The van der Waals surface area contributed by atoms with Crippen LogP contribution in [0.3, 0.4) is 0 Å². The van der Waals surface area contributed by atoms with E-state index in [4.69, 9.17) is 4.42 Å². The molecule has 0 saturated heterocycles. The maximum Gasteiger partial charge on any atom is 0.262 e. The summed E-state index contributed by atoms with van der Waals surface area (Å²) in [6.07, 6.45) is 1.92. The van der Waals surface area contributed by atoms with Gasteiger partial charge in [0.2, 0.25) is 0 Å². The summed E-state index contributed by atoms with van der Waals surface area (Å²) in [4.78, 5) is 12.9. The van der Waals surface area contributed by atoms with Crippen LogP contribution in [-0.2, 0) is 17.8 Å². The second-order valence-corrected chi connectivity index (χ2v) is 10.3. The minimum Gasteiger partial charge on any atom is -0.455 e. The molecule has 1 aliphatic rings. The Bertz CT molecular complexity index is 1450. The molecule has 3 aromatic carbocycles. The zero-order chi connectivity index (χ0) is 24.7. The Kier molecular flexibility index (Phi) is 6.48. The highest BCUT2D eigenvalue weighted by Gasteiger charge is 2.32. The van der Waals surface area contributed by atoms with Crippen LogP contribution in [0.2, 0.25) is 0 Å². The van der Waals surface area contributed by atoms with Crippen molar-refractivity contribution in [2.45, 2.75) is 25.3 Å². The number of fused-ring (bicyclic) bond motifs is 1. The van der Waals surface area contributed by atoms with Gasteiger partial charge in [0.1, 0.15) is 17.2 Å². The van der Waals surface area contributed by atoms with E-state index >= 15 is 0 Å². The van der Waals surface area contributed by atoms with E-state index in [-0.39, 0.29) is 18.4 Å². The molecule has 4 aromatic rings. The molecule has 1 fully saturated rings. The van der Waals surface area contributed by atoms with Crippen LogP contribution in [0.4, 0.5) is 10.1 Å². The van der Waals surface area contributed by atoms with Crippen LogP contribution >= 0.6 is 15.9 Å². The first-order valence-corrected chi connectivity index (χ1v) is 12.9. The quantitative estimate of drug-likeness (QED) is 0.259. The molecule has 0 aliphatic heterocycles. The molecule has 0 radical (unpaired) electrons. The van der Waals surface area contributed by atoms with Crippen LogP contribution in [0.25, 0.3) is 22.3 Å². The summed E-state index contributed by atoms with van der Waals surface area (Å²) in [6.45, 7) is 0.210. The third-order valence-electron chi connectivity index (χ3n) is 6.09. The lowest BCUT2D eigenvalue weighted by atomic mass is 10.00. The van der Waals surface area contributed by atoms with Crippen LogP contribution in [-0.4, -0.2) is 21.7 Å². The lowest BCUT2D eigenvalue weighted by molar-refractivity contribution is 0.0964. The zero-order valence-electron chi connectivity index (χ0n) is 18.8. The number of nitrogens with one attached hydrogen (secondary N) is 1. The molecule has 6 nitrogen and oxygen atoms in total. The van der Waals surface area contributed by atoms with Gasteiger partial charge in [0.05, 0.1) is 17.8 Å². The molecule has 1 heterocycles. The Morgan fingerprint density at radius 3 is 2.57 bits per heavy atom. The average Bonchev–Trinajstić information content (AvgIpc) is 3.62. The Morgan fingerprint density at radius 2 is 1.94 bits per heavy atom. The molecule has 1 aliphatic carbocycles.